The minimum Gasteiger partial charge on any atom is -0.226 e. The van der Waals surface area contributed by atoms with E-state index in [-0.39, 0.29) is 5.28 Å². The van der Waals surface area contributed by atoms with Crippen LogP contribution in [0, 0.1) is 0 Å². The maximum absolute atomic E-state index is 6.16. The van der Waals surface area contributed by atoms with E-state index in [2.05, 4.69) is 82.8 Å². The number of nitrogens with zero attached hydrogens (tertiary/aromatic N) is 2. The lowest BCUT2D eigenvalue weighted by Gasteiger charge is -2.11. The summed E-state index contributed by atoms with van der Waals surface area (Å²) in [5, 5.41) is 0.242. The summed E-state index contributed by atoms with van der Waals surface area (Å²) in [6, 6.07) is 37.5. The molecule has 0 saturated heterocycles. The second kappa shape index (κ2) is 8.55. The van der Waals surface area contributed by atoms with Crippen LogP contribution in [0.4, 0.5) is 0 Å². The molecule has 0 bridgehead atoms. The average Bonchev–Trinajstić information content (AvgIpc) is 2.85. The van der Waals surface area contributed by atoms with Gasteiger partial charge in [0.25, 0.3) is 0 Å². The second-order valence-electron chi connectivity index (χ2n) is 7.29. The van der Waals surface area contributed by atoms with Gasteiger partial charge in [-0.25, -0.2) is 9.97 Å². The standard InChI is InChI=1S/C28H19ClN2/c29-28-30-19-26(24-15-11-22(12-16-24)20-7-3-1-4-8-20)27(31-28)25-17-13-23(14-18-25)21-9-5-2-6-10-21/h1-19H. The lowest BCUT2D eigenvalue weighted by atomic mass is 9.97. The van der Waals surface area contributed by atoms with Crippen LogP contribution in [0.5, 0.6) is 0 Å². The normalized spacial score (nSPS) is 10.7. The Kier molecular flexibility index (Phi) is 5.30. The van der Waals surface area contributed by atoms with Crippen molar-refractivity contribution in [3.8, 4) is 44.6 Å². The number of hydrogen-bond acceptors (Lipinski definition) is 2. The molecule has 0 atom stereocenters. The lowest BCUT2D eigenvalue weighted by Crippen LogP contribution is -1.93. The molecule has 0 radical (unpaired) electrons. The van der Waals surface area contributed by atoms with Gasteiger partial charge >= 0.3 is 0 Å². The van der Waals surface area contributed by atoms with Crippen LogP contribution in [-0.4, -0.2) is 9.97 Å². The zero-order valence-electron chi connectivity index (χ0n) is 16.7. The molecule has 148 valence electrons. The van der Waals surface area contributed by atoms with Gasteiger partial charge in [0.15, 0.2) is 0 Å². The SMILES string of the molecule is Clc1ncc(-c2ccc(-c3ccccc3)cc2)c(-c2ccc(-c3ccccc3)cc2)n1. The minimum atomic E-state index is 0.242. The highest BCUT2D eigenvalue weighted by atomic mass is 35.5. The maximum atomic E-state index is 6.16. The monoisotopic (exact) mass is 418 g/mol. The van der Waals surface area contributed by atoms with Gasteiger partial charge < -0.3 is 0 Å². The Bertz CT molecular complexity index is 1300. The smallest absolute Gasteiger partial charge is 0.222 e. The molecule has 0 amide bonds. The van der Waals surface area contributed by atoms with Gasteiger partial charge in [-0.15, -0.1) is 0 Å². The second-order valence-corrected chi connectivity index (χ2v) is 7.63. The van der Waals surface area contributed by atoms with Gasteiger partial charge in [0.1, 0.15) is 0 Å². The van der Waals surface area contributed by atoms with Crippen molar-refractivity contribution in [1.82, 2.24) is 9.97 Å². The molecule has 0 saturated carbocycles. The van der Waals surface area contributed by atoms with Crippen LogP contribution in [0.2, 0.25) is 5.28 Å². The third kappa shape index (κ3) is 4.11. The Morgan fingerprint density at radius 1 is 0.452 bits per heavy atom. The van der Waals surface area contributed by atoms with Crippen molar-refractivity contribution in [2.24, 2.45) is 0 Å². The van der Waals surface area contributed by atoms with E-state index in [4.69, 9.17) is 11.6 Å². The lowest BCUT2D eigenvalue weighted by molar-refractivity contribution is 1.17. The summed E-state index contributed by atoms with van der Waals surface area (Å²) in [5.74, 6) is 0. The van der Waals surface area contributed by atoms with Crippen LogP contribution >= 0.6 is 11.6 Å². The molecule has 1 aromatic heterocycles. The van der Waals surface area contributed by atoms with E-state index in [0.29, 0.717) is 0 Å². The first-order chi connectivity index (χ1) is 15.3. The van der Waals surface area contributed by atoms with E-state index < -0.39 is 0 Å². The van der Waals surface area contributed by atoms with Crippen LogP contribution < -0.4 is 0 Å². The predicted molar refractivity (Wildman–Crippen MR) is 129 cm³/mol. The Balaban J connectivity index is 1.52. The van der Waals surface area contributed by atoms with Gasteiger partial charge in [-0.05, 0) is 39.4 Å². The molecule has 0 aliphatic carbocycles. The molecule has 0 unspecified atom stereocenters. The molecule has 0 spiro atoms. The first-order valence-electron chi connectivity index (χ1n) is 10.1. The summed E-state index contributed by atoms with van der Waals surface area (Å²) in [5.41, 5.74) is 8.56. The topological polar surface area (TPSA) is 25.8 Å². The quantitative estimate of drug-likeness (QED) is 0.278. The van der Waals surface area contributed by atoms with Crippen molar-refractivity contribution in [2.45, 2.75) is 0 Å². The van der Waals surface area contributed by atoms with E-state index in [1.165, 1.54) is 22.3 Å². The van der Waals surface area contributed by atoms with E-state index in [1.54, 1.807) is 6.20 Å². The summed E-state index contributed by atoms with van der Waals surface area (Å²) < 4.78 is 0. The Morgan fingerprint density at radius 3 is 1.39 bits per heavy atom. The fourth-order valence-corrected chi connectivity index (χ4v) is 3.85. The van der Waals surface area contributed by atoms with Gasteiger partial charge in [0, 0.05) is 17.3 Å². The van der Waals surface area contributed by atoms with Crippen molar-refractivity contribution in [3.05, 3.63) is 121 Å². The number of rotatable bonds is 4. The summed E-state index contributed by atoms with van der Waals surface area (Å²) in [6.07, 6.45) is 1.80. The third-order valence-electron chi connectivity index (χ3n) is 5.33. The number of hydrogen-bond donors (Lipinski definition) is 0. The van der Waals surface area contributed by atoms with Gasteiger partial charge in [-0.1, -0.05) is 109 Å². The van der Waals surface area contributed by atoms with Crippen LogP contribution in [0.3, 0.4) is 0 Å². The molecule has 0 N–H and O–H groups in total. The van der Waals surface area contributed by atoms with E-state index >= 15 is 0 Å². The molecule has 4 aromatic carbocycles. The highest BCUT2D eigenvalue weighted by molar-refractivity contribution is 6.28. The fourth-order valence-electron chi connectivity index (χ4n) is 3.72. The minimum absolute atomic E-state index is 0.242. The summed E-state index contributed by atoms with van der Waals surface area (Å²) in [4.78, 5) is 8.80. The fraction of sp³-hybridized carbons (Fsp3) is 0. The molecule has 3 heteroatoms. The van der Waals surface area contributed by atoms with Gasteiger partial charge in [0.05, 0.1) is 5.69 Å². The molecule has 0 fully saturated rings. The highest BCUT2D eigenvalue weighted by Crippen LogP contribution is 2.33. The van der Waals surface area contributed by atoms with Crippen LogP contribution in [0.25, 0.3) is 44.6 Å². The number of aromatic nitrogens is 2. The van der Waals surface area contributed by atoms with Crippen LogP contribution in [0.15, 0.2) is 115 Å². The Morgan fingerprint density at radius 2 is 0.871 bits per heavy atom. The number of benzene rings is 4. The first-order valence-corrected chi connectivity index (χ1v) is 10.5. The van der Waals surface area contributed by atoms with Crippen molar-refractivity contribution in [2.75, 3.05) is 0 Å². The van der Waals surface area contributed by atoms with Crippen LogP contribution in [0.1, 0.15) is 0 Å². The van der Waals surface area contributed by atoms with Crippen LogP contribution in [-0.2, 0) is 0 Å². The van der Waals surface area contributed by atoms with Gasteiger partial charge in [-0.3, -0.25) is 0 Å². The van der Waals surface area contributed by atoms with Crippen molar-refractivity contribution < 1.29 is 0 Å². The largest absolute Gasteiger partial charge is 0.226 e. The Hall–Kier alpha value is -3.75. The molecule has 2 nitrogen and oxygen atoms in total. The van der Waals surface area contributed by atoms with E-state index in [1.807, 2.05) is 36.4 Å². The van der Waals surface area contributed by atoms with E-state index in [9.17, 15) is 0 Å². The molecule has 31 heavy (non-hydrogen) atoms. The summed E-state index contributed by atoms with van der Waals surface area (Å²) >= 11 is 6.16. The molecular weight excluding hydrogens is 400 g/mol. The van der Waals surface area contributed by atoms with Gasteiger partial charge in [-0.2, -0.15) is 0 Å². The molecular formula is C28H19ClN2. The van der Waals surface area contributed by atoms with Crippen molar-refractivity contribution in [3.63, 3.8) is 0 Å². The molecule has 0 aliphatic heterocycles. The maximum Gasteiger partial charge on any atom is 0.222 e. The Labute approximate surface area is 186 Å². The first kappa shape index (κ1) is 19.2. The molecule has 5 aromatic rings. The zero-order valence-corrected chi connectivity index (χ0v) is 17.5. The zero-order chi connectivity index (χ0) is 21.0. The van der Waals surface area contributed by atoms with Crippen molar-refractivity contribution in [1.29, 1.82) is 0 Å². The number of halogens is 1. The molecule has 0 aliphatic rings. The average molecular weight is 419 g/mol. The van der Waals surface area contributed by atoms with E-state index in [0.717, 1.165) is 22.4 Å². The predicted octanol–water partition coefficient (Wildman–Crippen LogP) is 7.80. The summed E-state index contributed by atoms with van der Waals surface area (Å²) in [6.45, 7) is 0. The third-order valence-corrected chi connectivity index (χ3v) is 5.51. The molecule has 5 rings (SSSR count). The highest BCUT2D eigenvalue weighted by Gasteiger charge is 2.12. The molecule has 1 heterocycles. The van der Waals surface area contributed by atoms with Crippen molar-refractivity contribution >= 4 is 11.6 Å². The van der Waals surface area contributed by atoms with Gasteiger partial charge in [0.2, 0.25) is 5.28 Å². The summed E-state index contributed by atoms with van der Waals surface area (Å²) in [7, 11) is 0.